The van der Waals surface area contributed by atoms with Crippen LogP contribution in [0, 0.1) is 10.1 Å². The van der Waals surface area contributed by atoms with Crippen LogP contribution in [0.4, 0.5) is 5.69 Å². The molecule has 106 valence electrons. The predicted octanol–water partition coefficient (Wildman–Crippen LogP) is 1.37. The first-order valence-corrected chi connectivity index (χ1v) is 5.80. The van der Waals surface area contributed by atoms with Crippen LogP contribution in [0.2, 0.25) is 0 Å². The molecule has 1 aromatic carbocycles. The zero-order valence-corrected chi connectivity index (χ0v) is 10.8. The average Bonchev–Trinajstić information content (AvgIpc) is 2.35. The third kappa shape index (κ3) is 4.89. The van der Waals surface area contributed by atoms with Gasteiger partial charge in [-0.05, 0) is 5.56 Å². The third-order valence-corrected chi connectivity index (χ3v) is 2.43. The van der Waals surface area contributed by atoms with Gasteiger partial charge in [0.2, 0.25) is 5.91 Å². The highest BCUT2D eigenvalue weighted by molar-refractivity contribution is 5.73. The monoisotopic (exact) mass is 278 g/mol. The number of aliphatic carboxylic acids is 1. The zero-order valence-electron chi connectivity index (χ0n) is 10.8. The summed E-state index contributed by atoms with van der Waals surface area (Å²) >= 11 is 0. The largest absolute Gasteiger partial charge is 0.481 e. The first kappa shape index (κ1) is 15.4. The molecule has 0 saturated carbocycles. The van der Waals surface area contributed by atoms with Crippen molar-refractivity contribution >= 4 is 23.6 Å². The standard InChI is InChI=1S/C13H14N2O5/c1-9(16)14-6-2-3-10-4-5-11(8-13(17)18)12(7-10)15(19)20/h2-5,7H,6,8H2,1H3,(H,14,16)(H,17,18). The minimum absolute atomic E-state index is 0.154. The fourth-order valence-electron chi connectivity index (χ4n) is 1.56. The van der Waals surface area contributed by atoms with Crippen molar-refractivity contribution in [2.24, 2.45) is 0 Å². The molecule has 0 aliphatic heterocycles. The number of nitrogens with zero attached hydrogens (tertiary/aromatic N) is 1. The van der Waals surface area contributed by atoms with Crippen molar-refractivity contribution in [1.29, 1.82) is 0 Å². The maximum atomic E-state index is 10.9. The normalized spacial score (nSPS) is 10.4. The van der Waals surface area contributed by atoms with Crippen LogP contribution < -0.4 is 5.32 Å². The van der Waals surface area contributed by atoms with Gasteiger partial charge in [0.05, 0.1) is 11.3 Å². The molecule has 0 radical (unpaired) electrons. The summed E-state index contributed by atoms with van der Waals surface area (Å²) < 4.78 is 0. The highest BCUT2D eigenvalue weighted by atomic mass is 16.6. The molecule has 0 saturated heterocycles. The number of nitrogens with one attached hydrogen (secondary N) is 1. The lowest BCUT2D eigenvalue weighted by Gasteiger charge is -2.02. The summed E-state index contributed by atoms with van der Waals surface area (Å²) in [5, 5.41) is 22.2. The van der Waals surface area contributed by atoms with Gasteiger partial charge in [0.25, 0.3) is 5.69 Å². The third-order valence-electron chi connectivity index (χ3n) is 2.43. The highest BCUT2D eigenvalue weighted by Crippen LogP contribution is 2.21. The van der Waals surface area contributed by atoms with E-state index < -0.39 is 17.3 Å². The molecule has 0 heterocycles. The van der Waals surface area contributed by atoms with E-state index in [0.717, 1.165) is 0 Å². The summed E-state index contributed by atoms with van der Waals surface area (Å²) in [6, 6.07) is 4.32. The molecule has 7 nitrogen and oxygen atoms in total. The van der Waals surface area contributed by atoms with Crippen LogP contribution in [0.15, 0.2) is 24.3 Å². The van der Waals surface area contributed by atoms with E-state index in [-0.39, 0.29) is 17.2 Å². The topological polar surface area (TPSA) is 110 Å². The molecule has 0 fully saturated rings. The van der Waals surface area contributed by atoms with Crippen molar-refractivity contribution in [1.82, 2.24) is 5.32 Å². The lowest BCUT2D eigenvalue weighted by atomic mass is 10.1. The maximum absolute atomic E-state index is 10.9. The Morgan fingerprint density at radius 1 is 1.45 bits per heavy atom. The van der Waals surface area contributed by atoms with Gasteiger partial charge in [0.15, 0.2) is 0 Å². The quantitative estimate of drug-likeness (QED) is 0.603. The highest BCUT2D eigenvalue weighted by Gasteiger charge is 2.16. The van der Waals surface area contributed by atoms with Crippen LogP contribution in [0.5, 0.6) is 0 Å². The van der Waals surface area contributed by atoms with Crippen molar-refractivity contribution in [3.63, 3.8) is 0 Å². The van der Waals surface area contributed by atoms with E-state index >= 15 is 0 Å². The second-order valence-corrected chi connectivity index (χ2v) is 4.06. The summed E-state index contributed by atoms with van der Waals surface area (Å²) in [7, 11) is 0. The molecule has 1 rings (SSSR count). The molecule has 2 N–H and O–H groups in total. The van der Waals surface area contributed by atoms with Gasteiger partial charge in [-0.3, -0.25) is 19.7 Å². The predicted molar refractivity (Wildman–Crippen MR) is 72.2 cm³/mol. The van der Waals surface area contributed by atoms with Crippen LogP contribution in [0.1, 0.15) is 18.1 Å². The average molecular weight is 278 g/mol. The van der Waals surface area contributed by atoms with Gasteiger partial charge >= 0.3 is 5.97 Å². The molecular weight excluding hydrogens is 264 g/mol. The minimum atomic E-state index is -1.12. The number of carbonyl (C=O) groups excluding carboxylic acids is 1. The number of rotatable bonds is 6. The molecule has 20 heavy (non-hydrogen) atoms. The Morgan fingerprint density at radius 3 is 2.70 bits per heavy atom. The Morgan fingerprint density at radius 2 is 2.15 bits per heavy atom. The fourth-order valence-corrected chi connectivity index (χ4v) is 1.56. The Balaban J connectivity index is 2.90. The molecule has 0 unspecified atom stereocenters. The van der Waals surface area contributed by atoms with Gasteiger partial charge in [-0.1, -0.05) is 24.3 Å². The molecular formula is C13H14N2O5. The molecule has 0 aromatic heterocycles. The Kier molecular flexibility index (Phi) is 5.40. The molecule has 7 heteroatoms. The number of nitro groups is 1. The summed E-state index contributed by atoms with van der Waals surface area (Å²) in [5.41, 5.74) is 0.492. The van der Waals surface area contributed by atoms with Gasteiger partial charge in [-0.2, -0.15) is 0 Å². The van der Waals surface area contributed by atoms with Crippen LogP contribution in [-0.2, 0) is 16.0 Å². The molecule has 0 aliphatic rings. The van der Waals surface area contributed by atoms with Gasteiger partial charge in [0, 0.05) is 25.1 Å². The van der Waals surface area contributed by atoms with Gasteiger partial charge < -0.3 is 10.4 Å². The maximum Gasteiger partial charge on any atom is 0.308 e. The first-order valence-electron chi connectivity index (χ1n) is 5.80. The van der Waals surface area contributed by atoms with E-state index in [1.807, 2.05) is 0 Å². The minimum Gasteiger partial charge on any atom is -0.481 e. The van der Waals surface area contributed by atoms with Gasteiger partial charge in [-0.25, -0.2) is 0 Å². The smallest absolute Gasteiger partial charge is 0.308 e. The summed E-state index contributed by atoms with van der Waals surface area (Å²) in [6.07, 6.45) is 2.87. The fraction of sp³-hybridized carbons (Fsp3) is 0.231. The second kappa shape index (κ2) is 7.03. The van der Waals surface area contributed by atoms with Crippen molar-refractivity contribution in [2.45, 2.75) is 13.3 Å². The molecule has 0 bridgehead atoms. The summed E-state index contributed by atoms with van der Waals surface area (Å²) in [4.78, 5) is 31.6. The number of carboxylic acids is 1. The number of benzene rings is 1. The van der Waals surface area contributed by atoms with Crippen LogP contribution >= 0.6 is 0 Å². The van der Waals surface area contributed by atoms with E-state index in [0.29, 0.717) is 12.1 Å². The van der Waals surface area contributed by atoms with E-state index in [1.165, 1.54) is 19.1 Å². The Labute approximate surface area is 115 Å². The van der Waals surface area contributed by atoms with Gasteiger partial charge in [-0.15, -0.1) is 0 Å². The zero-order chi connectivity index (χ0) is 15.1. The van der Waals surface area contributed by atoms with Crippen molar-refractivity contribution in [3.8, 4) is 0 Å². The van der Waals surface area contributed by atoms with Crippen molar-refractivity contribution in [3.05, 3.63) is 45.5 Å². The lowest BCUT2D eigenvalue weighted by molar-refractivity contribution is -0.385. The van der Waals surface area contributed by atoms with Crippen LogP contribution in [0.3, 0.4) is 0 Å². The number of nitro benzene ring substituents is 1. The molecule has 1 amide bonds. The van der Waals surface area contributed by atoms with Crippen LogP contribution in [0.25, 0.3) is 6.08 Å². The van der Waals surface area contributed by atoms with E-state index in [1.54, 1.807) is 18.2 Å². The molecule has 0 spiro atoms. The van der Waals surface area contributed by atoms with E-state index in [9.17, 15) is 19.7 Å². The summed E-state index contributed by atoms with van der Waals surface area (Å²) in [6.45, 7) is 1.71. The lowest BCUT2D eigenvalue weighted by Crippen LogP contribution is -2.19. The van der Waals surface area contributed by atoms with Gasteiger partial charge in [0.1, 0.15) is 0 Å². The van der Waals surface area contributed by atoms with E-state index in [4.69, 9.17) is 5.11 Å². The van der Waals surface area contributed by atoms with Crippen molar-refractivity contribution < 1.29 is 19.6 Å². The number of amides is 1. The van der Waals surface area contributed by atoms with E-state index in [2.05, 4.69) is 5.32 Å². The Bertz CT molecular complexity index is 566. The Hall–Kier alpha value is -2.70. The second-order valence-electron chi connectivity index (χ2n) is 4.06. The first-order chi connectivity index (χ1) is 9.40. The molecule has 1 aromatic rings. The summed E-state index contributed by atoms with van der Waals surface area (Å²) in [5.74, 6) is -1.29. The number of hydrogen-bond acceptors (Lipinski definition) is 4. The SMILES string of the molecule is CC(=O)NCC=Cc1ccc(CC(=O)O)c([N+](=O)[O-])c1. The number of hydrogen-bond donors (Lipinski definition) is 2. The molecule has 0 aliphatic carbocycles. The van der Waals surface area contributed by atoms with Crippen LogP contribution in [-0.4, -0.2) is 28.5 Å². The number of carboxylic acid groups (broad SMARTS) is 1. The van der Waals surface area contributed by atoms with Crippen molar-refractivity contribution in [2.75, 3.05) is 6.54 Å². The molecule has 0 atom stereocenters. The number of carbonyl (C=O) groups is 2.